The van der Waals surface area contributed by atoms with Crippen LogP contribution < -0.4 is 5.32 Å². The Kier molecular flexibility index (Phi) is 3.97. The van der Waals surface area contributed by atoms with Gasteiger partial charge in [-0.15, -0.1) is 0 Å². The zero-order valence-electron chi connectivity index (χ0n) is 10.9. The number of nitrogens with zero attached hydrogens (tertiary/aromatic N) is 2. The first-order chi connectivity index (χ1) is 9.80. The minimum Gasteiger partial charge on any atom is -0.346 e. The maximum atomic E-state index is 13.8. The molecule has 21 heavy (non-hydrogen) atoms. The Balaban J connectivity index is 2.18. The van der Waals surface area contributed by atoms with E-state index in [4.69, 9.17) is 0 Å². The minimum absolute atomic E-state index is 0.0328. The van der Waals surface area contributed by atoms with Crippen LogP contribution in [0.25, 0.3) is 0 Å². The molecule has 0 unspecified atom stereocenters. The van der Waals surface area contributed by atoms with Gasteiger partial charge in [0.2, 0.25) is 0 Å². The van der Waals surface area contributed by atoms with E-state index in [0.717, 1.165) is 12.1 Å². The SMILES string of the molecule is Cn1nccc1CNC(=O)c1cccc(C(F)(F)F)c1F. The summed E-state index contributed by atoms with van der Waals surface area (Å²) in [5.74, 6) is -2.49. The summed E-state index contributed by atoms with van der Waals surface area (Å²) < 4.78 is 53.0. The number of carbonyl (C=O) groups is 1. The molecule has 2 rings (SSSR count). The summed E-state index contributed by atoms with van der Waals surface area (Å²) >= 11 is 0. The lowest BCUT2D eigenvalue weighted by Crippen LogP contribution is -2.26. The number of benzene rings is 1. The number of alkyl halides is 3. The lowest BCUT2D eigenvalue weighted by atomic mass is 10.1. The van der Waals surface area contributed by atoms with Gasteiger partial charge in [0.1, 0.15) is 5.82 Å². The van der Waals surface area contributed by atoms with E-state index in [1.165, 1.54) is 10.9 Å². The van der Waals surface area contributed by atoms with Gasteiger partial charge in [-0.3, -0.25) is 9.48 Å². The topological polar surface area (TPSA) is 46.9 Å². The molecule has 1 heterocycles. The van der Waals surface area contributed by atoms with Gasteiger partial charge in [-0.25, -0.2) is 4.39 Å². The van der Waals surface area contributed by atoms with Crippen molar-refractivity contribution in [2.24, 2.45) is 7.05 Å². The number of aromatic nitrogens is 2. The molecule has 0 aliphatic carbocycles. The van der Waals surface area contributed by atoms with Gasteiger partial charge in [0, 0.05) is 13.2 Å². The fourth-order valence-corrected chi connectivity index (χ4v) is 1.77. The predicted molar refractivity (Wildman–Crippen MR) is 65.8 cm³/mol. The van der Waals surface area contributed by atoms with Crippen LogP contribution in [0.4, 0.5) is 17.6 Å². The van der Waals surface area contributed by atoms with Crippen molar-refractivity contribution >= 4 is 5.91 Å². The van der Waals surface area contributed by atoms with E-state index >= 15 is 0 Å². The van der Waals surface area contributed by atoms with Crippen LogP contribution in [0.2, 0.25) is 0 Å². The van der Waals surface area contributed by atoms with Crippen LogP contribution in [0.5, 0.6) is 0 Å². The monoisotopic (exact) mass is 301 g/mol. The van der Waals surface area contributed by atoms with Crippen molar-refractivity contribution in [2.75, 3.05) is 0 Å². The molecule has 0 aliphatic rings. The molecule has 0 saturated carbocycles. The highest BCUT2D eigenvalue weighted by molar-refractivity contribution is 5.94. The Morgan fingerprint density at radius 2 is 2.05 bits per heavy atom. The first-order valence-corrected chi connectivity index (χ1v) is 5.91. The zero-order chi connectivity index (χ0) is 15.6. The van der Waals surface area contributed by atoms with Crippen LogP contribution in [-0.2, 0) is 19.8 Å². The summed E-state index contributed by atoms with van der Waals surface area (Å²) in [6.45, 7) is 0.0328. The molecule has 112 valence electrons. The molecule has 1 aromatic heterocycles. The Bertz CT molecular complexity index is 664. The maximum Gasteiger partial charge on any atom is 0.419 e. The van der Waals surface area contributed by atoms with Crippen molar-refractivity contribution in [3.8, 4) is 0 Å². The number of carbonyl (C=O) groups excluding carboxylic acids is 1. The average Bonchev–Trinajstić information content (AvgIpc) is 2.80. The third-order valence-corrected chi connectivity index (χ3v) is 2.90. The van der Waals surface area contributed by atoms with Gasteiger partial charge in [0.25, 0.3) is 5.91 Å². The maximum absolute atomic E-state index is 13.8. The molecule has 0 saturated heterocycles. The fourth-order valence-electron chi connectivity index (χ4n) is 1.77. The molecule has 2 aromatic rings. The number of aryl methyl sites for hydroxylation is 1. The molecule has 8 heteroatoms. The summed E-state index contributed by atoms with van der Waals surface area (Å²) in [6.07, 6.45) is -3.34. The van der Waals surface area contributed by atoms with Crippen LogP contribution in [-0.4, -0.2) is 15.7 Å². The largest absolute Gasteiger partial charge is 0.419 e. The number of hydrogen-bond acceptors (Lipinski definition) is 2. The van der Waals surface area contributed by atoms with E-state index < -0.39 is 29.0 Å². The minimum atomic E-state index is -4.84. The third kappa shape index (κ3) is 3.21. The first kappa shape index (κ1) is 15.0. The fraction of sp³-hybridized carbons (Fsp3) is 0.231. The number of hydrogen-bond donors (Lipinski definition) is 1. The lowest BCUT2D eigenvalue weighted by Gasteiger charge is -2.11. The molecule has 0 fully saturated rings. The molecular formula is C13H11F4N3O. The standard InChI is InChI=1S/C13H11F4N3O/c1-20-8(5-6-19-20)7-18-12(21)9-3-2-4-10(11(9)14)13(15,16)17/h2-6H,7H2,1H3,(H,18,21). The van der Waals surface area contributed by atoms with Crippen molar-refractivity contribution in [1.29, 1.82) is 0 Å². The molecule has 4 nitrogen and oxygen atoms in total. The lowest BCUT2D eigenvalue weighted by molar-refractivity contribution is -0.140. The van der Waals surface area contributed by atoms with Gasteiger partial charge >= 0.3 is 6.18 Å². The van der Waals surface area contributed by atoms with E-state index in [1.54, 1.807) is 13.1 Å². The van der Waals surface area contributed by atoms with Crippen molar-refractivity contribution in [3.63, 3.8) is 0 Å². The van der Waals surface area contributed by atoms with Crippen LogP contribution in [0.15, 0.2) is 30.5 Å². The van der Waals surface area contributed by atoms with Gasteiger partial charge in [-0.2, -0.15) is 18.3 Å². The highest BCUT2D eigenvalue weighted by atomic mass is 19.4. The van der Waals surface area contributed by atoms with Crippen LogP contribution >= 0.6 is 0 Å². The highest BCUT2D eigenvalue weighted by Crippen LogP contribution is 2.32. The second-order valence-electron chi connectivity index (χ2n) is 4.29. The molecule has 1 amide bonds. The molecule has 0 radical (unpaired) electrons. The Hall–Kier alpha value is -2.38. The number of amides is 1. The highest BCUT2D eigenvalue weighted by Gasteiger charge is 2.35. The van der Waals surface area contributed by atoms with Gasteiger partial charge in [-0.05, 0) is 18.2 Å². The number of rotatable bonds is 3. The summed E-state index contributed by atoms with van der Waals surface area (Å²) in [7, 11) is 1.65. The van der Waals surface area contributed by atoms with Gasteiger partial charge in [-0.1, -0.05) is 6.07 Å². The first-order valence-electron chi connectivity index (χ1n) is 5.91. The van der Waals surface area contributed by atoms with Crippen LogP contribution in [0, 0.1) is 5.82 Å². The predicted octanol–water partition coefficient (Wildman–Crippen LogP) is 2.51. The van der Waals surface area contributed by atoms with E-state index in [2.05, 4.69) is 10.4 Å². The second kappa shape index (κ2) is 5.55. The zero-order valence-corrected chi connectivity index (χ0v) is 10.9. The summed E-state index contributed by atoms with van der Waals surface area (Å²) in [5.41, 5.74) is -1.47. The molecule has 0 bridgehead atoms. The quantitative estimate of drug-likeness (QED) is 0.886. The van der Waals surface area contributed by atoms with Crippen LogP contribution in [0.3, 0.4) is 0 Å². The summed E-state index contributed by atoms with van der Waals surface area (Å²) in [5, 5.41) is 6.23. The Morgan fingerprint density at radius 1 is 1.33 bits per heavy atom. The third-order valence-electron chi connectivity index (χ3n) is 2.90. The molecule has 0 atom stereocenters. The van der Waals surface area contributed by atoms with E-state index in [1.807, 2.05) is 0 Å². The summed E-state index contributed by atoms with van der Waals surface area (Å²) in [4.78, 5) is 11.8. The second-order valence-corrected chi connectivity index (χ2v) is 4.29. The molecule has 1 N–H and O–H groups in total. The van der Waals surface area contributed by atoms with Crippen molar-refractivity contribution in [3.05, 3.63) is 53.1 Å². The van der Waals surface area contributed by atoms with Gasteiger partial charge < -0.3 is 5.32 Å². The summed E-state index contributed by atoms with van der Waals surface area (Å²) in [6, 6.07) is 4.21. The number of halogens is 4. The average molecular weight is 301 g/mol. The van der Waals surface area contributed by atoms with Gasteiger partial charge in [0.05, 0.1) is 23.4 Å². The molecular weight excluding hydrogens is 290 g/mol. The van der Waals surface area contributed by atoms with Crippen LogP contribution in [0.1, 0.15) is 21.6 Å². The smallest absolute Gasteiger partial charge is 0.346 e. The Morgan fingerprint density at radius 3 is 2.62 bits per heavy atom. The molecule has 0 aliphatic heterocycles. The van der Waals surface area contributed by atoms with Crippen molar-refractivity contribution < 1.29 is 22.4 Å². The van der Waals surface area contributed by atoms with Crippen molar-refractivity contribution in [1.82, 2.24) is 15.1 Å². The Labute approximate surface area is 117 Å². The van der Waals surface area contributed by atoms with E-state index in [0.29, 0.717) is 11.8 Å². The van der Waals surface area contributed by atoms with E-state index in [-0.39, 0.29) is 6.54 Å². The number of nitrogens with one attached hydrogen (secondary N) is 1. The van der Waals surface area contributed by atoms with E-state index in [9.17, 15) is 22.4 Å². The normalized spacial score (nSPS) is 11.5. The van der Waals surface area contributed by atoms with Gasteiger partial charge in [0.15, 0.2) is 0 Å². The molecule has 0 spiro atoms. The molecule has 1 aromatic carbocycles. The van der Waals surface area contributed by atoms with Crippen molar-refractivity contribution in [2.45, 2.75) is 12.7 Å².